The van der Waals surface area contributed by atoms with Gasteiger partial charge in [0.2, 0.25) is 5.95 Å². The summed E-state index contributed by atoms with van der Waals surface area (Å²) < 4.78 is 1.36. The third kappa shape index (κ3) is 1.86. The van der Waals surface area contributed by atoms with Crippen molar-refractivity contribution < 1.29 is 0 Å². The van der Waals surface area contributed by atoms with Crippen LogP contribution in [0.25, 0.3) is 5.78 Å². The van der Waals surface area contributed by atoms with Crippen LogP contribution < -0.4 is 16.2 Å². The van der Waals surface area contributed by atoms with Crippen LogP contribution >= 0.6 is 0 Å². The van der Waals surface area contributed by atoms with Crippen LogP contribution in [-0.4, -0.2) is 38.7 Å². The fraction of sp³-hybridized carbons (Fsp3) is 0.545. The van der Waals surface area contributed by atoms with Crippen molar-refractivity contribution >= 4 is 11.7 Å². The molecule has 2 aromatic heterocycles. The van der Waals surface area contributed by atoms with Crippen molar-refractivity contribution in [3.05, 3.63) is 22.1 Å². The topological polar surface area (TPSA) is 92.3 Å². The fourth-order valence-corrected chi connectivity index (χ4v) is 2.33. The standard InChI is InChI=1S/C11H16N6O/c1-7-5-9(18)17-10(13-7)14-11(15-17)16-4-2-3-8(12)6-16/h5,8H,2-4,6,12H2,1H3,(H,13,14,15)/t8-/m0/s1. The highest BCUT2D eigenvalue weighted by Crippen LogP contribution is 2.15. The summed E-state index contributed by atoms with van der Waals surface area (Å²) in [6, 6.07) is 1.65. The first-order valence-electron chi connectivity index (χ1n) is 6.10. The summed E-state index contributed by atoms with van der Waals surface area (Å²) in [6.07, 6.45) is 2.08. The van der Waals surface area contributed by atoms with Gasteiger partial charge in [-0.3, -0.25) is 9.89 Å². The molecule has 0 radical (unpaired) electrons. The van der Waals surface area contributed by atoms with Crippen LogP contribution in [0, 0.1) is 6.92 Å². The number of hydrogen-bond acceptors (Lipinski definition) is 5. The zero-order valence-corrected chi connectivity index (χ0v) is 10.3. The molecule has 0 spiro atoms. The highest BCUT2D eigenvalue weighted by atomic mass is 16.1. The number of nitrogens with two attached hydrogens (primary N) is 1. The normalized spacial score (nSPS) is 20.6. The van der Waals surface area contributed by atoms with E-state index < -0.39 is 0 Å². The first-order valence-corrected chi connectivity index (χ1v) is 6.10. The van der Waals surface area contributed by atoms with E-state index in [0.717, 1.165) is 25.9 Å². The van der Waals surface area contributed by atoms with Gasteiger partial charge in [0.1, 0.15) is 0 Å². The molecule has 2 aromatic rings. The number of fused-ring (bicyclic) bond motifs is 1. The number of aryl methyl sites for hydroxylation is 1. The number of H-pyrrole nitrogens is 1. The molecule has 3 N–H and O–H groups in total. The van der Waals surface area contributed by atoms with Gasteiger partial charge < -0.3 is 10.6 Å². The van der Waals surface area contributed by atoms with Crippen LogP contribution in [0.5, 0.6) is 0 Å². The maximum absolute atomic E-state index is 11.8. The molecular weight excluding hydrogens is 232 g/mol. The number of piperidine rings is 1. The Bertz CT molecular complexity index is 630. The van der Waals surface area contributed by atoms with Gasteiger partial charge in [0.25, 0.3) is 11.3 Å². The number of nitrogens with one attached hydrogen (secondary N) is 1. The highest BCUT2D eigenvalue weighted by molar-refractivity contribution is 5.40. The molecule has 0 aromatic carbocycles. The summed E-state index contributed by atoms with van der Waals surface area (Å²) in [5, 5.41) is 2.98. The molecular formula is C11H16N6O. The molecule has 3 heterocycles. The van der Waals surface area contributed by atoms with E-state index >= 15 is 0 Å². The molecule has 1 atom stereocenters. The number of nitrogens with zero attached hydrogens (tertiary/aromatic N) is 4. The second kappa shape index (κ2) is 4.09. The maximum Gasteiger partial charge on any atom is 0.274 e. The predicted molar refractivity (Wildman–Crippen MR) is 67.8 cm³/mol. The smallest absolute Gasteiger partial charge is 0.274 e. The van der Waals surface area contributed by atoms with Gasteiger partial charge in [-0.25, -0.2) is 4.98 Å². The Morgan fingerprint density at radius 1 is 1.50 bits per heavy atom. The quantitative estimate of drug-likeness (QED) is 0.720. The first kappa shape index (κ1) is 11.2. The number of aromatic amines is 1. The molecule has 0 amide bonds. The minimum atomic E-state index is -0.141. The van der Waals surface area contributed by atoms with Gasteiger partial charge >= 0.3 is 0 Å². The lowest BCUT2D eigenvalue weighted by Crippen LogP contribution is -2.43. The van der Waals surface area contributed by atoms with E-state index in [9.17, 15) is 4.79 Å². The number of aromatic nitrogens is 4. The van der Waals surface area contributed by atoms with E-state index in [1.165, 1.54) is 10.6 Å². The van der Waals surface area contributed by atoms with Crippen molar-refractivity contribution in [3.63, 3.8) is 0 Å². The van der Waals surface area contributed by atoms with Crippen LogP contribution in [0.15, 0.2) is 10.9 Å². The maximum atomic E-state index is 11.8. The third-order valence-electron chi connectivity index (χ3n) is 3.20. The zero-order chi connectivity index (χ0) is 12.7. The average Bonchev–Trinajstić information content (AvgIpc) is 2.73. The van der Waals surface area contributed by atoms with E-state index in [0.29, 0.717) is 17.4 Å². The van der Waals surface area contributed by atoms with E-state index in [1.54, 1.807) is 6.92 Å². The molecule has 96 valence electrons. The summed E-state index contributed by atoms with van der Waals surface area (Å²) >= 11 is 0. The van der Waals surface area contributed by atoms with Gasteiger partial charge in [-0.05, 0) is 19.8 Å². The Balaban J connectivity index is 2.03. The third-order valence-corrected chi connectivity index (χ3v) is 3.20. The second-order valence-corrected chi connectivity index (χ2v) is 4.77. The van der Waals surface area contributed by atoms with Crippen LogP contribution in [0.4, 0.5) is 5.95 Å². The summed E-state index contributed by atoms with van der Waals surface area (Å²) in [5.74, 6) is 1.08. The van der Waals surface area contributed by atoms with Crippen molar-refractivity contribution in [1.29, 1.82) is 0 Å². The minimum Gasteiger partial charge on any atom is -0.340 e. The van der Waals surface area contributed by atoms with Crippen molar-refractivity contribution in [2.24, 2.45) is 5.73 Å². The summed E-state index contributed by atoms with van der Waals surface area (Å²) in [4.78, 5) is 22.4. The largest absolute Gasteiger partial charge is 0.340 e. The van der Waals surface area contributed by atoms with Gasteiger partial charge in [-0.2, -0.15) is 9.50 Å². The van der Waals surface area contributed by atoms with Crippen LogP contribution in [-0.2, 0) is 0 Å². The zero-order valence-electron chi connectivity index (χ0n) is 10.3. The lowest BCUT2D eigenvalue weighted by Gasteiger charge is -2.29. The molecule has 0 aliphatic carbocycles. The number of hydrogen-bond donors (Lipinski definition) is 2. The molecule has 7 heteroatoms. The summed E-state index contributed by atoms with van der Waals surface area (Å²) in [6.45, 7) is 3.45. The Morgan fingerprint density at radius 2 is 2.33 bits per heavy atom. The lowest BCUT2D eigenvalue weighted by molar-refractivity contribution is 0.500. The van der Waals surface area contributed by atoms with Crippen LogP contribution in [0.3, 0.4) is 0 Å². The SMILES string of the molecule is Cc1cc(=O)n2[nH]c(N3CCC[C@H](N)C3)nc2n1. The predicted octanol–water partition coefficient (Wildman–Crippen LogP) is -0.346. The molecule has 0 bridgehead atoms. The lowest BCUT2D eigenvalue weighted by atomic mass is 10.1. The number of rotatable bonds is 1. The Morgan fingerprint density at radius 3 is 3.11 bits per heavy atom. The molecule has 1 aliphatic heterocycles. The van der Waals surface area contributed by atoms with Gasteiger partial charge in [-0.1, -0.05) is 0 Å². The van der Waals surface area contributed by atoms with Gasteiger partial charge in [0.05, 0.1) is 0 Å². The minimum absolute atomic E-state index is 0.141. The molecule has 18 heavy (non-hydrogen) atoms. The molecule has 7 nitrogen and oxygen atoms in total. The molecule has 1 saturated heterocycles. The summed E-state index contributed by atoms with van der Waals surface area (Å²) in [5.41, 5.74) is 6.48. The molecule has 1 fully saturated rings. The Labute approximate surface area is 104 Å². The van der Waals surface area contributed by atoms with E-state index in [-0.39, 0.29) is 11.6 Å². The molecule has 3 rings (SSSR count). The van der Waals surface area contributed by atoms with Gasteiger partial charge in [0, 0.05) is 30.9 Å². The highest BCUT2D eigenvalue weighted by Gasteiger charge is 2.20. The van der Waals surface area contributed by atoms with Gasteiger partial charge in [-0.15, -0.1) is 0 Å². The Hall–Kier alpha value is -1.89. The van der Waals surface area contributed by atoms with Crippen molar-refractivity contribution in [2.75, 3.05) is 18.0 Å². The summed E-state index contributed by atoms with van der Waals surface area (Å²) in [7, 11) is 0. The van der Waals surface area contributed by atoms with Crippen molar-refractivity contribution in [2.45, 2.75) is 25.8 Å². The molecule has 1 aliphatic rings. The first-order chi connectivity index (χ1) is 8.63. The fourth-order valence-electron chi connectivity index (χ4n) is 2.33. The van der Waals surface area contributed by atoms with Crippen molar-refractivity contribution in [3.8, 4) is 0 Å². The van der Waals surface area contributed by atoms with Crippen LogP contribution in [0.2, 0.25) is 0 Å². The monoisotopic (exact) mass is 248 g/mol. The van der Waals surface area contributed by atoms with Crippen LogP contribution in [0.1, 0.15) is 18.5 Å². The average molecular weight is 248 g/mol. The number of anilines is 1. The van der Waals surface area contributed by atoms with Crippen molar-refractivity contribution in [1.82, 2.24) is 19.6 Å². The second-order valence-electron chi connectivity index (χ2n) is 4.77. The Kier molecular flexibility index (Phi) is 2.55. The molecule has 0 unspecified atom stereocenters. The molecule has 0 saturated carbocycles. The van der Waals surface area contributed by atoms with E-state index in [1.807, 2.05) is 0 Å². The van der Waals surface area contributed by atoms with E-state index in [4.69, 9.17) is 5.73 Å². The van der Waals surface area contributed by atoms with Gasteiger partial charge in [0.15, 0.2) is 0 Å². The van der Waals surface area contributed by atoms with E-state index in [2.05, 4.69) is 20.0 Å².